The van der Waals surface area contributed by atoms with E-state index in [0.29, 0.717) is 32.0 Å². The van der Waals surface area contributed by atoms with Gasteiger partial charge in [-0.1, -0.05) is 11.6 Å². The number of nitrogens with one attached hydrogen (secondary N) is 2. The number of carbonyl (C=O) groups excluding carboxylic acids is 1. The Balaban J connectivity index is 1.47. The number of aromatic amines is 1. The summed E-state index contributed by atoms with van der Waals surface area (Å²) in [6.45, 7) is 3.58. The third-order valence-corrected chi connectivity index (χ3v) is 4.90. The SMILES string of the molecule is Cc1[nH]c2ccc(F)cc2c1CCNC(=O)c1nn2c(c1Cl)OCCC2. The van der Waals surface area contributed by atoms with Crippen LogP contribution >= 0.6 is 11.6 Å². The maximum Gasteiger partial charge on any atom is 0.273 e. The number of aromatic nitrogens is 3. The van der Waals surface area contributed by atoms with Crippen LogP contribution in [0, 0.1) is 12.7 Å². The Morgan fingerprint density at radius 3 is 3.15 bits per heavy atom. The van der Waals surface area contributed by atoms with Crippen LogP contribution in [-0.2, 0) is 13.0 Å². The van der Waals surface area contributed by atoms with Crippen molar-refractivity contribution in [2.45, 2.75) is 26.3 Å². The van der Waals surface area contributed by atoms with Crippen LogP contribution in [0.4, 0.5) is 4.39 Å². The van der Waals surface area contributed by atoms with Gasteiger partial charge in [0, 0.05) is 36.1 Å². The molecule has 1 aliphatic heterocycles. The zero-order valence-electron chi connectivity index (χ0n) is 14.2. The molecule has 0 saturated carbocycles. The third kappa shape index (κ3) is 2.92. The summed E-state index contributed by atoms with van der Waals surface area (Å²) in [5, 5.41) is 8.15. The summed E-state index contributed by atoms with van der Waals surface area (Å²) < 4.78 is 20.6. The lowest BCUT2D eigenvalue weighted by Gasteiger charge is -2.14. The number of ether oxygens (including phenoxy) is 1. The second-order valence-corrected chi connectivity index (χ2v) is 6.70. The molecule has 0 saturated heterocycles. The van der Waals surface area contributed by atoms with Crippen molar-refractivity contribution in [3.8, 4) is 5.88 Å². The molecule has 0 spiro atoms. The van der Waals surface area contributed by atoms with E-state index in [0.717, 1.165) is 28.6 Å². The molecule has 2 N–H and O–H groups in total. The molecule has 3 aromatic rings. The van der Waals surface area contributed by atoms with Crippen molar-refractivity contribution in [1.82, 2.24) is 20.1 Å². The molecular formula is C18H18ClFN4O2. The van der Waals surface area contributed by atoms with E-state index in [1.54, 1.807) is 10.7 Å². The Kier molecular flexibility index (Phi) is 4.32. The molecule has 136 valence electrons. The lowest BCUT2D eigenvalue weighted by Crippen LogP contribution is -2.26. The number of aryl methyl sites for hydroxylation is 2. The number of benzene rings is 1. The Hall–Kier alpha value is -2.54. The number of nitrogens with zero attached hydrogens (tertiary/aromatic N) is 2. The predicted molar refractivity (Wildman–Crippen MR) is 96.4 cm³/mol. The van der Waals surface area contributed by atoms with Gasteiger partial charge in [0.15, 0.2) is 5.69 Å². The van der Waals surface area contributed by atoms with Crippen LogP contribution in [0.3, 0.4) is 0 Å². The first-order chi connectivity index (χ1) is 12.5. The fourth-order valence-corrected chi connectivity index (χ4v) is 3.58. The van der Waals surface area contributed by atoms with Crippen molar-refractivity contribution >= 4 is 28.4 Å². The van der Waals surface area contributed by atoms with E-state index < -0.39 is 0 Å². The molecule has 0 radical (unpaired) electrons. The molecule has 0 fully saturated rings. The normalized spacial score (nSPS) is 13.5. The molecule has 0 atom stereocenters. The zero-order chi connectivity index (χ0) is 18.3. The van der Waals surface area contributed by atoms with Crippen LogP contribution in [-0.4, -0.2) is 33.8 Å². The molecule has 3 heterocycles. The average molecular weight is 377 g/mol. The summed E-state index contributed by atoms with van der Waals surface area (Å²) in [6, 6.07) is 4.65. The molecule has 1 aromatic carbocycles. The molecular weight excluding hydrogens is 359 g/mol. The fraction of sp³-hybridized carbons (Fsp3) is 0.333. The number of carbonyl (C=O) groups is 1. The van der Waals surface area contributed by atoms with E-state index in [1.165, 1.54) is 12.1 Å². The van der Waals surface area contributed by atoms with Crippen LogP contribution in [0.15, 0.2) is 18.2 Å². The Morgan fingerprint density at radius 2 is 2.35 bits per heavy atom. The van der Waals surface area contributed by atoms with Gasteiger partial charge in [-0.3, -0.25) is 4.79 Å². The van der Waals surface area contributed by atoms with Crippen LogP contribution in [0.5, 0.6) is 5.88 Å². The third-order valence-electron chi connectivity index (χ3n) is 4.56. The van der Waals surface area contributed by atoms with Crippen molar-refractivity contribution in [3.05, 3.63) is 46.0 Å². The zero-order valence-corrected chi connectivity index (χ0v) is 15.0. The highest BCUT2D eigenvalue weighted by atomic mass is 35.5. The van der Waals surface area contributed by atoms with Crippen LogP contribution in [0.25, 0.3) is 10.9 Å². The number of hydrogen-bond donors (Lipinski definition) is 2. The lowest BCUT2D eigenvalue weighted by molar-refractivity contribution is 0.0948. The standard InChI is InChI=1S/C18H18ClFN4O2/c1-10-12(13-9-11(20)3-4-14(13)22-10)5-6-21-17(25)16-15(19)18-24(23-16)7-2-8-26-18/h3-4,9,22H,2,5-8H2,1H3,(H,21,25). The Morgan fingerprint density at radius 1 is 1.50 bits per heavy atom. The van der Waals surface area contributed by atoms with Crippen LogP contribution < -0.4 is 10.1 Å². The largest absolute Gasteiger partial charge is 0.477 e. The molecule has 0 unspecified atom stereocenters. The summed E-state index contributed by atoms with van der Waals surface area (Å²) in [5.74, 6) is -0.174. The number of H-pyrrole nitrogens is 1. The van der Waals surface area contributed by atoms with Crippen molar-refractivity contribution in [1.29, 1.82) is 0 Å². The lowest BCUT2D eigenvalue weighted by atomic mass is 10.1. The molecule has 1 amide bonds. The average Bonchev–Trinajstić information content (AvgIpc) is 3.12. The number of hydrogen-bond acceptors (Lipinski definition) is 3. The van der Waals surface area contributed by atoms with Gasteiger partial charge in [0.25, 0.3) is 5.91 Å². The maximum absolute atomic E-state index is 13.5. The highest BCUT2D eigenvalue weighted by molar-refractivity contribution is 6.34. The van der Waals surface area contributed by atoms with Gasteiger partial charge in [-0.25, -0.2) is 9.07 Å². The minimum Gasteiger partial charge on any atom is -0.477 e. The molecule has 8 heteroatoms. The number of fused-ring (bicyclic) bond motifs is 2. The van der Waals surface area contributed by atoms with E-state index >= 15 is 0 Å². The molecule has 0 bridgehead atoms. The van der Waals surface area contributed by atoms with E-state index in [-0.39, 0.29) is 22.4 Å². The van der Waals surface area contributed by atoms with E-state index in [1.807, 2.05) is 6.92 Å². The molecule has 6 nitrogen and oxygen atoms in total. The first-order valence-electron chi connectivity index (χ1n) is 8.48. The fourth-order valence-electron chi connectivity index (χ4n) is 3.30. The first-order valence-corrected chi connectivity index (χ1v) is 8.86. The summed E-state index contributed by atoms with van der Waals surface area (Å²) in [6.07, 6.45) is 1.41. The molecule has 4 rings (SSSR count). The molecule has 26 heavy (non-hydrogen) atoms. The van der Waals surface area contributed by atoms with Crippen molar-refractivity contribution in [2.24, 2.45) is 0 Å². The van der Waals surface area contributed by atoms with Gasteiger partial charge in [0.2, 0.25) is 5.88 Å². The monoisotopic (exact) mass is 376 g/mol. The minimum absolute atomic E-state index is 0.172. The second-order valence-electron chi connectivity index (χ2n) is 6.32. The molecule has 2 aromatic heterocycles. The molecule has 0 aliphatic carbocycles. The van der Waals surface area contributed by atoms with Gasteiger partial charge < -0.3 is 15.0 Å². The second kappa shape index (κ2) is 6.64. The van der Waals surface area contributed by atoms with Crippen LogP contribution in [0.1, 0.15) is 28.2 Å². The summed E-state index contributed by atoms with van der Waals surface area (Å²) in [7, 11) is 0. The van der Waals surface area contributed by atoms with Crippen molar-refractivity contribution in [2.75, 3.05) is 13.2 Å². The molecule has 1 aliphatic rings. The smallest absolute Gasteiger partial charge is 0.273 e. The van der Waals surface area contributed by atoms with Crippen LogP contribution in [0.2, 0.25) is 5.02 Å². The highest BCUT2D eigenvalue weighted by Crippen LogP contribution is 2.30. The van der Waals surface area contributed by atoms with Crippen molar-refractivity contribution in [3.63, 3.8) is 0 Å². The quantitative estimate of drug-likeness (QED) is 0.734. The van der Waals surface area contributed by atoms with Gasteiger partial charge in [-0.15, -0.1) is 0 Å². The van der Waals surface area contributed by atoms with Gasteiger partial charge in [-0.05, 0) is 37.1 Å². The first kappa shape index (κ1) is 16.9. The van der Waals surface area contributed by atoms with Gasteiger partial charge in [0.1, 0.15) is 10.8 Å². The topological polar surface area (TPSA) is 71.9 Å². The van der Waals surface area contributed by atoms with Crippen molar-refractivity contribution < 1.29 is 13.9 Å². The summed E-state index contributed by atoms with van der Waals surface area (Å²) in [5.41, 5.74) is 3.00. The Bertz CT molecular complexity index is 995. The van der Waals surface area contributed by atoms with Gasteiger partial charge in [-0.2, -0.15) is 5.10 Å². The van der Waals surface area contributed by atoms with E-state index in [4.69, 9.17) is 16.3 Å². The van der Waals surface area contributed by atoms with E-state index in [9.17, 15) is 9.18 Å². The van der Waals surface area contributed by atoms with Gasteiger partial charge in [0.05, 0.1) is 6.61 Å². The summed E-state index contributed by atoms with van der Waals surface area (Å²) >= 11 is 6.22. The predicted octanol–water partition coefficient (Wildman–Crippen LogP) is 3.22. The highest BCUT2D eigenvalue weighted by Gasteiger charge is 2.24. The number of halogens is 2. The summed E-state index contributed by atoms with van der Waals surface area (Å²) in [4.78, 5) is 15.7. The van der Waals surface area contributed by atoms with Gasteiger partial charge >= 0.3 is 0 Å². The maximum atomic E-state index is 13.5. The Labute approximate surface area is 154 Å². The van der Waals surface area contributed by atoms with E-state index in [2.05, 4.69) is 15.4 Å². The minimum atomic E-state index is -0.343. The number of rotatable bonds is 4. The number of amides is 1.